The van der Waals surface area contributed by atoms with E-state index in [9.17, 15) is 0 Å². The molecule has 0 bridgehead atoms. The van der Waals surface area contributed by atoms with E-state index < -0.39 is 0 Å². The van der Waals surface area contributed by atoms with Crippen molar-refractivity contribution in [1.29, 1.82) is 0 Å². The molecule has 0 amide bonds. The van der Waals surface area contributed by atoms with E-state index in [0.717, 1.165) is 42.6 Å². The number of furan rings is 1. The molecule has 2 aromatic rings. The fourth-order valence-corrected chi connectivity index (χ4v) is 3.01. The van der Waals surface area contributed by atoms with Gasteiger partial charge in [-0.1, -0.05) is 6.07 Å². The Morgan fingerprint density at radius 2 is 2.17 bits per heavy atom. The first-order chi connectivity index (χ1) is 10.6. The van der Waals surface area contributed by atoms with Gasteiger partial charge in [-0.2, -0.15) is 0 Å². The normalized spacial score (nSPS) is 11.2. The fraction of sp³-hybridized carbons (Fsp3) is 0.471. The van der Waals surface area contributed by atoms with Gasteiger partial charge in [0.25, 0.3) is 0 Å². The zero-order valence-corrected chi connectivity index (χ0v) is 17.4. The number of guanidine groups is 1. The second-order valence-corrected chi connectivity index (χ2v) is 6.39. The maximum absolute atomic E-state index is 5.56. The highest BCUT2D eigenvalue weighted by atomic mass is 127. The van der Waals surface area contributed by atoms with Crippen molar-refractivity contribution in [3.05, 3.63) is 45.5 Å². The van der Waals surface area contributed by atoms with Crippen LogP contribution in [0, 0.1) is 13.8 Å². The van der Waals surface area contributed by atoms with E-state index in [0.29, 0.717) is 6.54 Å². The number of likely N-dealkylation sites (N-methyl/N-ethyl adjacent to an activating group) is 1. The number of hydrogen-bond acceptors (Lipinski definition) is 3. The third-order valence-electron chi connectivity index (χ3n) is 3.51. The molecule has 0 unspecified atom stereocenters. The first kappa shape index (κ1) is 20.0. The van der Waals surface area contributed by atoms with Gasteiger partial charge in [-0.05, 0) is 44.7 Å². The Morgan fingerprint density at radius 1 is 1.39 bits per heavy atom. The third-order valence-corrected chi connectivity index (χ3v) is 4.45. The van der Waals surface area contributed by atoms with E-state index in [-0.39, 0.29) is 24.0 Å². The van der Waals surface area contributed by atoms with E-state index in [1.54, 1.807) is 11.3 Å². The van der Waals surface area contributed by atoms with Crippen LogP contribution in [0.3, 0.4) is 0 Å². The molecular weight excluding hydrogens is 421 g/mol. The minimum Gasteiger partial charge on any atom is -0.466 e. The number of thiophene rings is 1. The number of aliphatic imine (C=N–C) groups is 1. The topological polar surface area (TPSA) is 40.8 Å². The largest absolute Gasteiger partial charge is 0.466 e. The molecule has 1 N–H and O–H groups in total. The lowest BCUT2D eigenvalue weighted by Crippen LogP contribution is -2.39. The molecule has 0 aliphatic rings. The lowest BCUT2D eigenvalue weighted by molar-refractivity contribution is 0.485. The zero-order valence-electron chi connectivity index (χ0n) is 14.3. The van der Waals surface area contributed by atoms with Crippen LogP contribution in [0.1, 0.15) is 28.9 Å². The highest BCUT2D eigenvalue weighted by Crippen LogP contribution is 2.15. The maximum atomic E-state index is 5.56. The summed E-state index contributed by atoms with van der Waals surface area (Å²) in [6.07, 6.45) is 1.04. The number of nitrogens with one attached hydrogen (secondary N) is 1. The molecule has 0 fully saturated rings. The molecule has 0 spiro atoms. The summed E-state index contributed by atoms with van der Waals surface area (Å²) in [6, 6.07) is 6.34. The van der Waals surface area contributed by atoms with E-state index in [4.69, 9.17) is 9.41 Å². The van der Waals surface area contributed by atoms with Gasteiger partial charge in [0.15, 0.2) is 5.96 Å². The minimum atomic E-state index is 0. The summed E-state index contributed by atoms with van der Waals surface area (Å²) in [5.74, 6) is 2.84. The van der Waals surface area contributed by atoms with E-state index in [1.807, 2.05) is 13.8 Å². The SMILES string of the molecule is CCNC(=NCc1cc(C)oc1C)N(C)CCc1cccs1.I. The van der Waals surface area contributed by atoms with Gasteiger partial charge in [-0.15, -0.1) is 35.3 Å². The molecule has 6 heteroatoms. The number of hydrogen-bond donors (Lipinski definition) is 1. The molecule has 128 valence electrons. The van der Waals surface area contributed by atoms with Gasteiger partial charge in [0.2, 0.25) is 0 Å². The maximum Gasteiger partial charge on any atom is 0.193 e. The average molecular weight is 447 g/mol. The molecule has 0 saturated heterocycles. The molecule has 2 rings (SSSR count). The molecule has 0 aliphatic carbocycles. The standard InChI is InChI=1S/C17H25N3OS.HI/c1-5-18-17(19-12-15-11-13(2)21-14(15)3)20(4)9-8-16-7-6-10-22-16;/h6-7,10-11H,5,8-9,12H2,1-4H3,(H,18,19);1H. The second-order valence-electron chi connectivity index (χ2n) is 5.36. The van der Waals surface area contributed by atoms with Gasteiger partial charge >= 0.3 is 0 Å². The Hall–Kier alpha value is -1.02. The monoisotopic (exact) mass is 447 g/mol. The van der Waals surface area contributed by atoms with E-state index >= 15 is 0 Å². The van der Waals surface area contributed by atoms with Crippen molar-refractivity contribution < 1.29 is 4.42 Å². The summed E-state index contributed by atoms with van der Waals surface area (Å²) in [6.45, 7) is 8.52. The van der Waals surface area contributed by atoms with Crippen molar-refractivity contribution in [1.82, 2.24) is 10.2 Å². The molecule has 23 heavy (non-hydrogen) atoms. The Kier molecular flexibility index (Phi) is 8.68. The van der Waals surface area contributed by atoms with Crippen LogP contribution in [0.2, 0.25) is 0 Å². The fourth-order valence-electron chi connectivity index (χ4n) is 2.31. The van der Waals surface area contributed by atoms with Gasteiger partial charge in [0.1, 0.15) is 11.5 Å². The van der Waals surface area contributed by atoms with Crippen molar-refractivity contribution >= 4 is 41.3 Å². The van der Waals surface area contributed by atoms with Crippen LogP contribution in [-0.4, -0.2) is 31.0 Å². The lowest BCUT2D eigenvalue weighted by atomic mass is 10.2. The van der Waals surface area contributed by atoms with Crippen molar-refractivity contribution in [2.45, 2.75) is 33.7 Å². The number of aryl methyl sites for hydroxylation is 2. The van der Waals surface area contributed by atoms with Crippen LogP contribution >= 0.6 is 35.3 Å². The summed E-state index contributed by atoms with van der Waals surface area (Å²) in [5, 5.41) is 5.48. The number of halogens is 1. The van der Waals surface area contributed by atoms with Crippen LogP contribution in [-0.2, 0) is 13.0 Å². The van der Waals surface area contributed by atoms with E-state index in [2.05, 4.69) is 47.8 Å². The average Bonchev–Trinajstić information content (AvgIpc) is 3.10. The van der Waals surface area contributed by atoms with Crippen molar-refractivity contribution in [2.24, 2.45) is 4.99 Å². The molecule has 0 aliphatic heterocycles. The molecule has 2 aromatic heterocycles. The summed E-state index contributed by atoms with van der Waals surface area (Å²) >= 11 is 1.81. The smallest absolute Gasteiger partial charge is 0.193 e. The van der Waals surface area contributed by atoms with Gasteiger partial charge in [-0.3, -0.25) is 0 Å². The first-order valence-corrected chi connectivity index (χ1v) is 8.56. The van der Waals surface area contributed by atoms with Crippen LogP contribution in [0.25, 0.3) is 0 Å². The third kappa shape index (κ3) is 6.18. The quantitative estimate of drug-likeness (QED) is 0.410. The summed E-state index contributed by atoms with van der Waals surface area (Å²) in [5.41, 5.74) is 1.15. The second kappa shape index (κ2) is 9.97. The molecule has 0 aromatic carbocycles. The molecule has 0 radical (unpaired) electrons. The Morgan fingerprint density at radius 3 is 2.74 bits per heavy atom. The van der Waals surface area contributed by atoms with Crippen molar-refractivity contribution in [3.8, 4) is 0 Å². The predicted octanol–water partition coefficient (Wildman–Crippen LogP) is 4.22. The Labute approximate surface area is 160 Å². The highest BCUT2D eigenvalue weighted by molar-refractivity contribution is 14.0. The van der Waals surface area contributed by atoms with Crippen LogP contribution in [0.15, 0.2) is 33.0 Å². The van der Waals surface area contributed by atoms with Crippen LogP contribution in [0.5, 0.6) is 0 Å². The molecule has 4 nitrogen and oxygen atoms in total. The van der Waals surface area contributed by atoms with E-state index in [1.165, 1.54) is 4.88 Å². The molecular formula is C17H26IN3OS. The van der Waals surface area contributed by atoms with Gasteiger partial charge in [0, 0.05) is 30.6 Å². The van der Waals surface area contributed by atoms with Crippen molar-refractivity contribution in [2.75, 3.05) is 20.1 Å². The lowest BCUT2D eigenvalue weighted by Gasteiger charge is -2.21. The molecule has 2 heterocycles. The molecule has 0 atom stereocenters. The Balaban J connectivity index is 0.00000264. The molecule has 0 saturated carbocycles. The number of rotatable bonds is 6. The number of nitrogens with zero attached hydrogens (tertiary/aromatic N) is 2. The van der Waals surface area contributed by atoms with Gasteiger partial charge < -0.3 is 14.6 Å². The van der Waals surface area contributed by atoms with Crippen molar-refractivity contribution in [3.63, 3.8) is 0 Å². The Bertz CT molecular complexity index is 607. The minimum absolute atomic E-state index is 0. The van der Waals surface area contributed by atoms with Gasteiger partial charge in [0.05, 0.1) is 6.54 Å². The van der Waals surface area contributed by atoms with Gasteiger partial charge in [-0.25, -0.2) is 4.99 Å². The predicted molar refractivity (Wildman–Crippen MR) is 109 cm³/mol. The highest BCUT2D eigenvalue weighted by Gasteiger charge is 2.08. The summed E-state index contributed by atoms with van der Waals surface area (Å²) < 4.78 is 5.56. The summed E-state index contributed by atoms with van der Waals surface area (Å²) in [7, 11) is 2.09. The zero-order chi connectivity index (χ0) is 15.9. The summed E-state index contributed by atoms with van der Waals surface area (Å²) in [4.78, 5) is 8.33. The first-order valence-electron chi connectivity index (χ1n) is 7.68. The van der Waals surface area contributed by atoms with Crippen LogP contribution in [0.4, 0.5) is 0 Å². The van der Waals surface area contributed by atoms with Crippen LogP contribution < -0.4 is 5.32 Å².